The maximum absolute atomic E-state index is 12.0. The topological polar surface area (TPSA) is 80.3 Å². The van der Waals surface area contributed by atoms with E-state index in [1.165, 1.54) is 7.11 Å². The monoisotopic (exact) mass is 333 g/mol. The van der Waals surface area contributed by atoms with E-state index in [1.54, 1.807) is 37.4 Å². The Bertz CT molecular complexity index is 745. The molecule has 0 aliphatic rings. The van der Waals surface area contributed by atoms with Crippen LogP contribution in [-0.4, -0.2) is 23.9 Å². The molecule has 1 aromatic carbocycles. The Labute approximate surface area is 138 Å². The first kappa shape index (κ1) is 16.8. The van der Waals surface area contributed by atoms with Gasteiger partial charge in [-0.25, -0.2) is 4.98 Å². The van der Waals surface area contributed by atoms with Crippen molar-refractivity contribution in [3.05, 3.63) is 46.6 Å². The zero-order valence-electron chi connectivity index (χ0n) is 12.9. The molecule has 2 aromatic rings. The number of nitrogens with zero attached hydrogens (tertiary/aromatic N) is 1. The van der Waals surface area contributed by atoms with Gasteiger partial charge in [-0.05, 0) is 37.1 Å². The highest BCUT2D eigenvalue weighted by Crippen LogP contribution is 2.30. The van der Waals surface area contributed by atoms with Crippen LogP contribution in [0.3, 0.4) is 0 Å². The SMILES string of the molecule is COc1cc(Cl)c(C)cc1NC(=O)C(=O)Nc1ccc(C)cn1. The summed E-state index contributed by atoms with van der Waals surface area (Å²) in [5, 5.41) is 5.43. The Morgan fingerprint density at radius 3 is 2.43 bits per heavy atom. The van der Waals surface area contributed by atoms with Gasteiger partial charge in [-0.15, -0.1) is 0 Å². The van der Waals surface area contributed by atoms with Crippen molar-refractivity contribution in [2.75, 3.05) is 17.7 Å². The number of carbonyl (C=O) groups is 2. The molecule has 0 aliphatic carbocycles. The summed E-state index contributed by atoms with van der Waals surface area (Å²) in [4.78, 5) is 27.9. The largest absolute Gasteiger partial charge is 0.495 e. The van der Waals surface area contributed by atoms with Gasteiger partial charge in [0.1, 0.15) is 11.6 Å². The van der Waals surface area contributed by atoms with E-state index in [-0.39, 0.29) is 0 Å². The number of ether oxygens (including phenoxy) is 1. The summed E-state index contributed by atoms with van der Waals surface area (Å²) >= 11 is 6.00. The van der Waals surface area contributed by atoms with E-state index in [4.69, 9.17) is 16.3 Å². The molecule has 0 saturated heterocycles. The lowest BCUT2D eigenvalue weighted by Crippen LogP contribution is -2.29. The Kier molecular flexibility index (Phi) is 5.18. The summed E-state index contributed by atoms with van der Waals surface area (Å²) in [6, 6.07) is 6.61. The van der Waals surface area contributed by atoms with Gasteiger partial charge in [-0.3, -0.25) is 9.59 Å². The number of aromatic nitrogens is 1. The fourth-order valence-electron chi connectivity index (χ4n) is 1.82. The van der Waals surface area contributed by atoms with Gasteiger partial charge in [-0.2, -0.15) is 0 Å². The third kappa shape index (κ3) is 4.20. The molecule has 0 spiro atoms. The Hall–Kier alpha value is -2.60. The van der Waals surface area contributed by atoms with E-state index in [2.05, 4.69) is 15.6 Å². The number of nitrogens with one attached hydrogen (secondary N) is 2. The molecule has 6 nitrogen and oxygen atoms in total. The molecule has 0 saturated carbocycles. The van der Waals surface area contributed by atoms with Gasteiger partial charge in [0.05, 0.1) is 12.8 Å². The molecule has 0 bridgehead atoms. The Morgan fingerprint density at radius 1 is 1.13 bits per heavy atom. The molecule has 120 valence electrons. The second kappa shape index (κ2) is 7.11. The Balaban J connectivity index is 2.10. The number of pyridine rings is 1. The van der Waals surface area contributed by atoms with Crippen LogP contribution >= 0.6 is 11.6 Å². The predicted octanol–water partition coefficient (Wildman–Crippen LogP) is 2.94. The van der Waals surface area contributed by atoms with Gasteiger partial charge in [0.25, 0.3) is 0 Å². The van der Waals surface area contributed by atoms with Crippen molar-refractivity contribution in [1.29, 1.82) is 0 Å². The van der Waals surface area contributed by atoms with E-state index in [0.717, 1.165) is 11.1 Å². The van der Waals surface area contributed by atoms with Gasteiger partial charge in [0.2, 0.25) is 0 Å². The molecule has 0 atom stereocenters. The highest BCUT2D eigenvalue weighted by atomic mass is 35.5. The molecule has 23 heavy (non-hydrogen) atoms. The molecule has 2 rings (SSSR count). The molecule has 0 unspecified atom stereocenters. The number of amides is 2. The van der Waals surface area contributed by atoms with Crippen LogP contribution in [0.5, 0.6) is 5.75 Å². The number of carbonyl (C=O) groups excluding carboxylic acids is 2. The summed E-state index contributed by atoms with van der Waals surface area (Å²) in [6.07, 6.45) is 1.60. The van der Waals surface area contributed by atoms with Gasteiger partial charge in [-0.1, -0.05) is 17.7 Å². The third-order valence-corrected chi connectivity index (χ3v) is 3.50. The summed E-state index contributed by atoms with van der Waals surface area (Å²) in [6.45, 7) is 3.66. The number of benzene rings is 1. The van der Waals surface area contributed by atoms with Gasteiger partial charge >= 0.3 is 11.8 Å². The smallest absolute Gasteiger partial charge is 0.315 e. The fourth-order valence-corrected chi connectivity index (χ4v) is 1.98. The zero-order chi connectivity index (χ0) is 17.0. The average molecular weight is 334 g/mol. The van der Waals surface area contributed by atoms with Crippen LogP contribution in [0.1, 0.15) is 11.1 Å². The van der Waals surface area contributed by atoms with Crippen molar-refractivity contribution in [2.24, 2.45) is 0 Å². The maximum Gasteiger partial charge on any atom is 0.315 e. The van der Waals surface area contributed by atoms with Crippen LogP contribution < -0.4 is 15.4 Å². The highest BCUT2D eigenvalue weighted by molar-refractivity contribution is 6.43. The van der Waals surface area contributed by atoms with Gasteiger partial charge < -0.3 is 15.4 Å². The van der Waals surface area contributed by atoms with Gasteiger partial charge in [0, 0.05) is 17.3 Å². The second-order valence-electron chi connectivity index (χ2n) is 4.93. The van der Waals surface area contributed by atoms with E-state index in [1.807, 2.05) is 6.92 Å². The van der Waals surface area contributed by atoms with E-state index >= 15 is 0 Å². The number of methoxy groups -OCH3 is 1. The summed E-state index contributed by atoms with van der Waals surface area (Å²) < 4.78 is 5.15. The predicted molar refractivity (Wildman–Crippen MR) is 89.0 cm³/mol. The normalized spacial score (nSPS) is 10.1. The van der Waals surface area contributed by atoms with Crippen LogP contribution in [0.15, 0.2) is 30.5 Å². The van der Waals surface area contributed by atoms with Crippen LogP contribution in [-0.2, 0) is 9.59 Å². The number of hydrogen-bond donors (Lipinski definition) is 2. The molecule has 1 aromatic heterocycles. The lowest BCUT2D eigenvalue weighted by Gasteiger charge is -2.12. The summed E-state index contributed by atoms with van der Waals surface area (Å²) in [5.41, 5.74) is 2.07. The zero-order valence-corrected chi connectivity index (χ0v) is 13.7. The van der Waals surface area contributed by atoms with Crippen LogP contribution in [0, 0.1) is 13.8 Å². The maximum atomic E-state index is 12.0. The van der Waals surface area contributed by atoms with Crippen LogP contribution in [0.2, 0.25) is 5.02 Å². The van der Waals surface area contributed by atoms with Crippen molar-refractivity contribution < 1.29 is 14.3 Å². The number of hydrogen-bond acceptors (Lipinski definition) is 4. The molecule has 0 fully saturated rings. The first-order valence-corrected chi connectivity index (χ1v) is 7.17. The minimum Gasteiger partial charge on any atom is -0.495 e. The minimum absolute atomic E-state index is 0.301. The lowest BCUT2D eigenvalue weighted by molar-refractivity contribution is -0.133. The minimum atomic E-state index is -0.826. The summed E-state index contributed by atoms with van der Waals surface area (Å²) in [7, 11) is 1.45. The van der Waals surface area contributed by atoms with Crippen LogP contribution in [0.4, 0.5) is 11.5 Å². The average Bonchev–Trinajstić information content (AvgIpc) is 2.52. The van der Waals surface area contributed by atoms with Crippen molar-refractivity contribution in [2.45, 2.75) is 13.8 Å². The van der Waals surface area contributed by atoms with Crippen molar-refractivity contribution >= 4 is 34.9 Å². The number of anilines is 2. The Morgan fingerprint density at radius 2 is 1.83 bits per heavy atom. The molecule has 1 heterocycles. The van der Waals surface area contributed by atoms with Crippen LogP contribution in [0.25, 0.3) is 0 Å². The fraction of sp³-hybridized carbons (Fsp3) is 0.188. The molecule has 0 radical (unpaired) electrons. The molecule has 2 N–H and O–H groups in total. The first-order chi connectivity index (χ1) is 10.9. The number of rotatable bonds is 3. The third-order valence-electron chi connectivity index (χ3n) is 3.09. The van der Waals surface area contributed by atoms with Crippen molar-refractivity contribution in [3.8, 4) is 5.75 Å². The van der Waals surface area contributed by atoms with E-state index in [9.17, 15) is 9.59 Å². The molecular weight excluding hydrogens is 318 g/mol. The van der Waals surface area contributed by atoms with Gasteiger partial charge in [0.15, 0.2) is 0 Å². The summed E-state index contributed by atoms with van der Waals surface area (Å²) in [5.74, 6) is -0.978. The van der Waals surface area contributed by atoms with E-state index < -0.39 is 11.8 Å². The van der Waals surface area contributed by atoms with Crippen molar-refractivity contribution in [1.82, 2.24) is 4.98 Å². The molecule has 0 aliphatic heterocycles. The molecular formula is C16H16ClN3O3. The molecule has 7 heteroatoms. The van der Waals surface area contributed by atoms with Crippen molar-refractivity contribution in [3.63, 3.8) is 0 Å². The molecule has 2 amide bonds. The lowest BCUT2D eigenvalue weighted by atomic mass is 10.2. The van der Waals surface area contributed by atoms with E-state index in [0.29, 0.717) is 22.3 Å². The standard InChI is InChI=1S/C16H16ClN3O3/c1-9-4-5-14(18-8-9)20-16(22)15(21)19-12-6-10(2)11(17)7-13(12)23-3/h4-8H,1-3H3,(H,19,21)(H,18,20,22). The highest BCUT2D eigenvalue weighted by Gasteiger charge is 2.17. The first-order valence-electron chi connectivity index (χ1n) is 6.80. The number of aryl methyl sites for hydroxylation is 2. The second-order valence-corrected chi connectivity index (χ2v) is 5.34. The quantitative estimate of drug-likeness (QED) is 0.846. The number of halogens is 1.